The SMILES string of the molecule is Cn1cc(-c2cc(C(C)(C)O)ccc2Oc2ccccc2)c2cc(C(=O)NC3CC(CC4CCN(c5ccc(C(=O)NC6C(C)(C)C(Oc7ccc(C#N)c(Cl)c7)C6(C)C)nc5)CC4)C3)[nH]c2c1=O. The molecule has 14 heteroatoms. The number of aromatic amines is 1. The first-order chi connectivity index (χ1) is 32.8. The molecule has 0 unspecified atom stereocenters. The fraction of sp³-hybridized carbons (Fsp3) is 0.400. The molecule has 358 valence electrons. The Morgan fingerprint density at radius 3 is 2.29 bits per heavy atom. The molecule has 3 aromatic carbocycles. The number of carbonyl (C=O) groups is 2. The van der Waals surface area contributed by atoms with Crippen molar-refractivity contribution in [2.75, 3.05) is 18.0 Å². The topological polar surface area (TPSA) is 175 Å². The van der Waals surface area contributed by atoms with Crippen molar-refractivity contribution in [3.05, 3.63) is 135 Å². The molecule has 2 aliphatic carbocycles. The number of nitrogens with zero attached hydrogens (tertiary/aromatic N) is 4. The largest absolute Gasteiger partial charge is 0.489 e. The normalized spacial score (nSPS) is 20.8. The van der Waals surface area contributed by atoms with E-state index in [1.807, 2.05) is 54.6 Å². The Kier molecular flexibility index (Phi) is 12.6. The highest BCUT2D eigenvalue weighted by Crippen LogP contribution is 2.56. The Morgan fingerprint density at radius 1 is 0.913 bits per heavy atom. The molecule has 0 bridgehead atoms. The number of ether oxygens (including phenoxy) is 2. The molecule has 0 atom stereocenters. The number of piperidine rings is 1. The molecule has 2 saturated carbocycles. The molecule has 4 heterocycles. The Hall–Kier alpha value is -6.62. The lowest BCUT2D eigenvalue weighted by molar-refractivity contribution is -0.164. The second-order valence-electron chi connectivity index (χ2n) is 21.0. The Labute approximate surface area is 407 Å². The summed E-state index contributed by atoms with van der Waals surface area (Å²) in [5, 5.41) is 27.6. The number of anilines is 1. The molecule has 3 aliphatic rings. The Bertz CT molecular complexity index is 2990. The van der Waals surface area contributed by atoms with E-state index >= 15 is 0 Å². The van der Waals surface area contributed by atoms with E-state index in [1.54, 1.807) is 63.6 Å². The number of nitrogens with one attached hydrogen (secondary N) is 3. The number of hydrogen-bond donors (Lipinski definition) is 4. The second-order valence-corrected chi connectivity index (χ2v) is 21.4. The number of hydrogen-bond acceptors (Lipinski definition) is 9. The van der Waals surface area contributed by atoms with Crippen LogP contribution in [0.3, 0.4) is 0 Å². The first-order valence-corrected chi connectivity index (χ1v) is 24.2. The zero-order chi connectivity index (χ0) is 49.0. The summed E-state index contributed by atoms with van der Waals surface area (Å²) in [7, 11) is 1.68. The van der Waals surface area contributed by atoms with Crippen LogP contribution < -0.4 is 30.6 Å². The lowest BCUT2D eigenvalue weighted by Crippen LogP contribution is -2.74. The molecular formula is C55H60ClN7O6. The van der Waals surface area contributed by atoms with Crippen molar-refractivity contribution in [2.45, 2.75) is 97.4 Å². The summed E-state index contributed by atoms with van der Waals surface area (Å²) in [6.45, 7) is 13.6. The minimum absolute atomic E-state index is 0.0529. The number of nitriles is 1. The van der Waals surface area contributed by atoms with Crippen LogP contribution in [0.4, 0.5) is 5.69 Å². The van der Waals surface area contributed by atoms with E-state index in [4.69, 9.17) is 21.1 Å². The van der Waals surface area contributed by atoms with Gasteiger partial charge in [-0.2, -0.15) is 5.26 Å². The number of pyridine rings is 2. The van der Waals surface area contributed by atoms with Crippen LogP contribution in [0, 0.1) is 34.0 Å². The van der Waals surface area contributed by atoms with Gasteiger partial charge in [0.1, 0.15) is 46.3 Å². The summed E-state index contributed by atoms with van der Waals surface area (Å²) >= 11 is 6.27. The molecule has 3 fully saturated rings. The third-order valence-electron chi connectivity index (χ3n) is 14.8. The van der Waals surface area contributed by atoms with E-state index < -0.39 is 5.60 Å². The van der Waals surface area contributed by atoms with E-state index in [-0.39, 0.29) is 46.4 Å². The van der Waals surface area contributed by atoms with Gasteiger partial charge in [0.05, 0.1) is 28.1 Å². The number of benzene rings is 3. The average molecular weight is 951 g/mol. The molecule has 6 aromatic rings. The monoisotopic (exact) mass is 949 g/mol. The molecule has 13 nitrogen and oxygen atoms in total. The van der Waals surface area contributed by atoms with Gasteiger partial charge in [-0.05, 0) is 118 Å². The third kappa shape index (κ3) is 9.44. The number of aromatic nitrogens is 3. The van der Waals surface area contributed by atoms with Crippen molar-refractivity contribution in [3.8, 4) is 34.4 Å². The number of amides is 2. The maximum Gasteiger partial charge on any atom is 0.274 e. The number of halogens is 1. The van der Waals surface area contributed by atoms with E-state index in [2.05, 4.69) is 59.3 Å². The van der Waals surface area contributed by atoms with Gasteiger partial charge in [0.25, 0.3) is 17.4 Å². The molecular weight excluding hydrogens is 890 g/mol. The van der Waals surface area contributed by atoms with E-state index in [1.165, 1.54) is 4.57 Å². The second kappa shape index (κ2) is 18.4. The smallest absolute Gasteiger partial charge is 0.274 e. The molecule has 0 spiro atoms. The molecule has 9 rings (SSSR count). The number of aliphatic hydroxyl groups is 1. The highest BCUT2D eigenvalue weighted by molar-refractivity contribution is 6.31. The van der Waals surface area contributed by atoms with Crippen LogP contribution in [0.25, 0.3) is 22.0 Å². The molecule has 0 radical (unpaired) electrons. The van der Waals surface area contributed by atoms with Crippen LogP contribution >= 0.6 is 11.6 Å². The fourth-order valence-corrected chi connectivity index (χ4v) is 11.4. The van der Waals surface area contributed by atoms with Gasteiger partial charge in [-0.3, -0.25) is 14.4 Å². The summed E-state index contributed by atoms with van der Waals surface area (Å²) in [6.07, 6.45) is 8.39. The van der Waals surface area contributed by atoms with Crippen LogP contribution in [-0.4, -0.2) is 62.7 Å². The molecule has 1 saturated heterocycles. The molecule has 1 aliphatic heterocycles. The number of fused-ring (bicyclic) bond motifs is 1. The Morgan fingerprint density at radius 2 is 1.64 bits per heavy atom. The number of H-pyrrole nitrogens is 1. The number of carbonyl (C=O) groups excluding carboxylic acids is 2. The van der Waals surface area contributed by atoms with E-state index in [0.717, 1.165) is 50.9 Å². The summed E-state index contributed by atoms with van der Waals surface area (Å²) in [6, 6.07) is 27.5. The summed E-state index contributed by atoms with van der Waals surface area (Å²) in [5.74, 6) is 2.42. The zero-order valence-electron chi connectivity index (χ0n) is 40.2. The van der Waals surface area contributed by atoms with Gasteiger partial charge in [0.15, 0.2) is 0 Å². The van der Waals surface area contributed by atoms with Crippen molar-refractivity contribution in [2.24, 2.45) is 29.7 Å². The number of aryl methyl sites for hydroxylation is 1. The molecule has 69 heavy (non-hydrogen) atoms. The van der Waals surface area contributed by atoms with E-state index in [9.17, 15) is 24.8 Å². The van der Waals surface area contributed by atoms with Gasteiger partial charge < -0.3 is 39.7 Å². The first kappa shape index (κ1) is 47.4. The lowest BCUT2D eigenvalue weighted by Gasteiger charge is -2.63. The minimum Gasteiger partial charge on any atom is -0.489 e. The van der Waals surface area contributed by atoms with Crippen molar-refractivity contribution in [1.82, 2.24) is 25.2 Å². The molecule has 2 amide bonds. The van der Waals surface area contributed by atoms with Crippen LogP contribution in [0.5, 0.6) is 17.2 Å². The highest BCUT2D eigenvalue weighted by Gasteiger charge is 2.64. The standard InChI is InChI=1S/C55H60ClN7O6/c1-53(2)51(54(3,4)52(53)69-39-16-13-34(29-57)43(56)27-39)61-48(64)44-17-15-37(30-58-44)63-21-19-32(20-22-63)23-33-24-36(25-33)59-49(65)45-28-41-42(31-62(7)50(66)47(41)60-45)40-26-35(55(5,6)67)14-18-46(40)68-38-11-9-8-10-12-38/h8-18,26-28,30-33,36,51-52,60,67H,19-25H2,1-7H3,(H,59,65)(H,61,64). The zero-order valence-corrected chi connectivity index (χ0v) is 41.0. The van der Waals surface area contributed by atoms with Crippen molar-refractivity contribution < 1.29 is 24.2 Å². The van der Waals surface area contributed by atoms with Gasteiger partial charge >= 0.3 is 0 Å². The van der Waals surface area contributed by atoms with Crippen LogP contribution in [0.2, 0.25) is 5.02 Å². The van der Waals surface area contributed by atoms with E-state index in [0.29, 0.717) is 78.7 Å². The maximum absolute atomic E-state index is 13.7. The first-order valence-electron chi connectivity index (χ1n) is 23.8. The fourth-order valence-electron chi connectivity index (χ4n) is 11.2. The predicted molar refractivity (Wildman–Crippen MR) is 268 cm³/mol. The van der Waals surface area contributed by atoms with Crippen molar-refractivity contribution in [1.29, 1.82) is 5.26 Å². The summed E-state index contributed by atoms with van der Waals surface area (Å²) in [4.78, 5) is 50.8. The average Bonchev–Trinajstić information content (AvgIpc) is 3.77. The van der Waals surface area contributed by atoms with Crippen LogP contribution in [0.1, 0.15) is 106 Å². The van der Waals surface area contributed by atoms with Crippen molar-refractivity contribution in [3.63, 3.8) is 0 Å². The predicted octanol–water partition coefficient (Wildman–Crippen LogP) is 9.90. The number of rotatable bonds is 13. The van der Waals surface area contributed by atoms with Crippen LogP contribution in [-0.2, 0) is 12.6 Å². The highest BCUT2D eigenvalue weighted by atomic mass is 35.5. The summed E-state index contributed by atoms with van der Waals surface area (Å²) in [5.41, 5.74) is 2.30. The van der Waals surface area contributed by atoms with Gasteiger partial charge in [0.2, 0.25) is 0 Å². The minimum atomic E-state index is -1.13. The number of para-hydroxylation sites is 1. The molecule has 3 aromatic heterocycles. The van der Waals surface area contributed by atoms with Gasteiger partial charge in [-0.1, -0.05) is 63.6 Å². The van der Waals surface area contributed by atoms with Gasteiger partial charge in [0, 0.05) is 71.8 Å². The Balaban J connectivity index is 0.767. The van der Waals surface area contributed by atoms with Crippen LogP contribution in [0.15, 0.2) is 102 Å². The van der Waals surface area contributed by atoms with Gasteiger partial charge in [-0.15, -0.1) is 0 Å². The summed E-state index contributed by atoms with van der Waals surface area (Å²) < 4.78 is 14.2. The molecule has 4 N–H and O–H groups in total. The maximum atomic E-state index is 13.7. The third-order valence-corrected chi connectivity index (χ3v) is 15.1. The van der Waals surface area contributed by atoms with Gasteiger partial charge in [-0.25, -0.2) is 4.98 Å². The lowest BCUT2D eigenvalue weighted by atomic mass is 9.49. The van der Waals surface area contributed by atoms with Crippen molar-refractivity contribution >= 4 is 40.0 Å². The quantitative estimate of drug-likeness (QED) is 0.0879.